The Labute approximate surface area is 155 Å². The quantitative estimate of drug-likeness (QED) is 0.670. The molecule has 0 aromatic heterocycles. The Hall–Kier alpha value is -2.58. The maximum atomic E-state index is 13.8. The number of rotatable bonds is 5. The minimum Gasteiger partial charge on any atom is -0.377 e. The number of fused-ring (bicyclic) bond motifs is 1. The molecule has 0 unspecified atom stereocenters. The van der Waals surface area contributed by atoms with Crippen molar-refractivity contribution in [3.8, 4) is 0 Å². The monoisotopic (exact) mass is 394 g/mol. The highest BCUT2D eigenvalue weighted by Gasteiger charge is 2.20. The van der Waals surface area contributed by atoms with Crippen molar-refractivity contribution in [3.05, 3.63) is 71.5 Å². The van der Waals surface area contributed by atoms with Crippen LogP contribution in [0.15, 0.2) is 53.4 Å². The van der Waals surface area contributed by atoms with Gasteiger partial charge in [0.15, 0.2) is 17.5 Å². The van der Waals surface area contributed by atoms with E-state index in [2.05, 4.69) is 4.72 Å². The fourth-order valence-corrected chi connectivity index (χ4v) is 4.07. The Morgan fingerprint density at radius 1 is 0.889 bits per heavy atom. The number of anilines is 1. The van der Waals surface area contributed by atoms with Gasteiger partial charge in [0.05, 0.1) is 4.90 Å². The van der Waals surface area contributed by atoms with Crippen LogP contribution in [-0.2, 0) is 16.6 Å². The third-order valence-corrected chi connectivity index (χ3v) is 5.66. The Bertz CT molecular complexity index is 1120. The summed E-state index contributed by atoms with van der Waals surface area (Å²) in [5, 5.41) is 1.24. The third-order valence-electron chi connectivity index (χ3n) is 4.20. The van der Waals surface area contributed by atoms with Gasteiger partial charge in [0.1, 0.15) is 0 Å². The summed E-state index contributed by atoms with van der Waals surface area (Å²) in [4.78, 5) is 1.88. The van der Waals surface area contributed by atoms with Crippen LogP contribution in [0.25, 0.3) is 10.8 Å². The minimum atomic E-state index is -4.02. The van der Waals surface area contributed by atoms with Gasteiger partial charge in [-0.15, -0.1) is 0 Å². The van der Waals surface area contributed by atoms with Crippen molar-refractivity contribution in [3.63, 3.8) is 0 Å². The molecule has 0 atom stereocenters. The highest BCUT2D eigenvalue weighted by Crippen LogP contribution is 2.30. The molecule has 27 heavy (non-hydrogen) atoms. The average molecular weight is 394 g/mol. The van der Waals surface area contributed by atoms with Gasteiger partial charge in [0.2, 0.25) is 10.0 Å². The average Bonchev–Trinajstić information content (AvgIpc) is 2.64. The zero-order valence-electron chi connectivity index (χ0n) is 14.6. The summed E-state index contributed by atoms with van der Waals surface area (Å²) in [7, 11) is -0.324. The lowest BCUT2D eigenvalue weighted by molar-refractivity contribution is 0.440. The molecule has 0 aliphatic carbocycles. The van der Waals surface area contributed by atoms with Crippen molar-refractivity contribution in [2.24, 2.45) is 0 Å². The SMILES string of the molecule is CN(C)c1cccc2c(S(=O)(=O)NCc3ccc(F)c(F)c3F)cccc12. The van der Waals surface area contributed by atoms with E-state index < -0.39 is 34.0 Å². The highest BCUT2D eigenvalue weighted by molar-refractivity contribution is 7.89. The van der Waals surface area contributed by atoms with Crippen molar-refractivity contribution in [2.75, 3.05) is 19.0 Å². The summed E-state index contributed by atoms with van der Waals surface area (Å²) in [6.07, 6.45) is 0. The van der Waals surface area contributed by atoms with Gasteiger partial charge in [0, 0.05) is 42.7 Å². The molecule has 0 aliphatic heterocycles. The molecule has 0 fully saturated rings. The molecule has 3 rings (SSSR count). The fourth-order valence-electron chi connectivity index (χ4n) is 2.84. The molecule has 0 saturated carbocycles. The van der Waals surface area contributed by atoms with Gasteiger partial charge in [-0.2, -0.15) is 0 Å². The topological polar surface area (TPSA) is 49.4 Å². The first-order chi connectivity index (χ1) is 12.7. The van der Waals surface area contributed by atoms with E-state index in [1.54, 1.807) is 24.3 Å². The van der Waals surface area contributed by atoms with Crippen LogP contribution in [-0.4, -0.2) is 22.5 Å². The van der Waals surface area contributed by atoms with Crippen LogP contribution in [0.1, 0.15) is 5.56 Å². The number of hydrogen-bond acceptors (Lipinski definition) is 3. The molecule has 1 N–H and O–H groups in total. The van der Waals surface area contributed by atoms with Crippen molar-refractivity contribution in [1.29, 1.82) is 0 Å². The summed E-state index contributed by atoms with van der Waals surface area (Å²) in [5.74, 6) is -4.37. The van der Waals surface area contributed by atoms with E-state index in [1.807, 2.05) is 25.1 Å². The van der Waals surface area contributed by atoms with E-state index >= 15 is 0 Å². The number of benzene rings is 3. The molecular formula is C19H17F3N2O2S. The van der Waals surface area contributed by atoms with E-state index in [-0.39, 0.29) is 10.5 Å². The van der Waals surface area contributed by atoms with Crippen molar-refractivity contribution < 1.29 is 21.6 Å². The Balaban J connectivity index is 1.99. The minimum absolute atomic E-state index is 0.0201. The van der Waals surface area contributed by atoms with Crippen LogP contribution in [0.2, 0.25) is 0 Å². The molecule has 0 heterocycles. The first-order valence-electron chi connectivity index (χ1n) is 8.03. The van der Waals surface area contributed by atoms with E-state index in [9.17, 15) is 21.6 Å². The van der Waals surface area contributed by atoms with Gasteiger partial charge in [-0.3, -0.25) is 0 Å². The van der Waals surface area contributed by atoms with E-state index in [0.717, 1.165) is 23.2 Å². The molecule has 0 bridgehead atoms. The molecule has 3 aromatic rings. The molecular weight excluding hydrogens is 377 g/mol. The second kappa shape index (κ2) is 7.21. The first kappa shape index (κ1) is 19.2. The van der Waals surface area contributed by atoms with Crippen molar-refractivity contribution in [2.45, 2.75) is 11.4 Å². The lowest BCUT2D eigenvalue weighted by atomic mass is 10.1. The third kappa shape index (κ3) is 3.63. The zero-order valence-corrected chi connectivity index (χ0v) is 15.4. The van der Waals surface area contributed by atoms with Gasteiger partial charge in [0.25, 0.3) is 0 Å². The van der Waals surface area contributed by atoms with Crippen LogP contribution < -0.4 is 9.62 Å². The summed E-state index contributed by atoms with van der Waals surface area (Å²) in [6, 6.07) is 11.9. The summed E-state index contributed by atoms with van der Waals surface area (Å²) in [6.45, 7) is -0.505. The molecule has 0 radical (unpaired) electrons. The Kier molecular flexibility index (Phi) is 5.12. The Morgan fingerprint density at radius 2 is 1.56 bits per heavy atom. The predicted molar refractivity (Wildman–Crippen MR) is 98.6 cm³/mol. The summed E-state index contributed by atoms with van der Waals surface area (Å²) >= 11 is 0. The fraction of sp³-hybridized carbons (Fsp3) is 0.158. The molecule has 4 nitrogen and oxygen atoms in total. The molecule has 0 spiro atoms. The van der Waals surface area contributed by atoms with Crippen LogP contribution in [0.4, 0.5) is 18.9 Å². The second-order valence-corrected chi connectivity index (χ2v) is 7.92. The molecule has 0 saturated heterocycles. The molecule has 3 aromatic carbocycles. The van der Waals surface area contributed by atoms with Gasteiger partial charge in [-0.1, -0.05) is 30.3 Å². The lowest BCUT2D eigenvalue weighted by Crippen LogP contribution is -2.24. The van der Waals surface area contributed by atoms with E-state index in [1.165, 1.54) is 6.07 Å². The van der Waals surface area contributed by atoms with Crippen LogP contribution in [0, 0.1) is 17.5 Å². The van der Waals surface area contributed by atoms with Crippen molar-refractivity contribution >= 4 is 26.5 Å². The van der Waals surface area contributed by atoms with E-state index in [0.29, 0.717) is 5.39 Å². The van der Waals surface area contributed by atoms with E-state index in [4.69, 9.17) is 0 Å². The standard InChI is InChI=1S/C19H17F3N2O2S/c1-24(2)16-7-3-6-14-13(16)5-4-8-17(14)27(25,26)23-11-12-9-10-15(20)19(22)18(12)21/h3-10,23H,11H2,1-2H3. The molecule has 8 heteroatoms. The molecule has 0 amide bonds. The number of nitrogens with zero attached hydrogens (tertiary/aromatic N) is 1. The first-order valence-corrected chi connectivity index (χ1v) is 9.52. The smallest absolute Gasteiger partial charge is 0.241 e. The number of sulfonamides is 1. The van der Waals surface area contributed by atoms with Gasteiger partial charge >= 0.3 is 0 Å². The summed E-state index contributed by atoms with van der Waals surface area (Å²) in [5.41, 5.74) is 0.558. The predicted octanol–water partition coefficient (Wildman–Crippen LogP) is 3.80. The van der Waals surface area contributed by atoms with Crippen molar-refractivity contribution in [1.82, 2.24) is 4.72 Å². The number of halogens is 3. The second-order valence-electron chi connectivity index (χ2n) is 6.18. The van der Waals surface area contributed by atoms with Gasteiger partial charge in [-0.05, 0) is 18.2 Å². The van der Waals surface area contributed by atoms with Crippen LogP contribution >= 0.6 is 0 Å². The summed E-state index contributed by atoms with van der Waals surface area (Å²) < 4.78 is 67.9. The number of hydrogen-bond donors (Lipinski definition) is 1. The maximum absolute atomic E-state index is 13.8. The normalized spacial score (nSPS) is 11.7. The Morgan fingerprint density at radius 3 is 2.26 bits per heavy atom. The van der Waals surface area contributed by atoms with Crippen LogP contribution in [0.3, 0.4) is 0 Å². The van der Waals surface area contributed by atoms with Gasteiger partial charge < -0.3 is 4.90 Å². The maximum Gasteiger partial charge on any atom is 0.241 e. The lowest BCUT2D eigenvalue weighted by Gasteiger charge is -2.17. The molecule has 142 valence electrons. The van der Waals surface area contributed by atoms with Gasteiger partial charge in [-0.25, -0.2) is 26.3 Å². The number of nitrogens with one attached hydrogen (secondary N) is 1. The highest BCUT2D eigenvalue weighted by atomic mass is 32.2. The molecule has 0 aliphatic rings. The zero-order chi connectivity index (χ0) is 19.8. The van der Waals surface area contributed by atoms with Crippen LogP contribution in [0.5, 0.6) is 0 Å². The largest absolute Gasteiger partial charge is 0.377 e.